The molecule has 78 valence electrons. The highest BCUT2D eigenvalue weighted by molar-refractivity contribution is 6.63. The molecule has 0 spiro atoms. The Morgan fingerprint density at radius 1 is 1.33 bits per heavy atom. The van der Waals surface area contributed by atoms with Gasteiger partial charge in [-0.05, 0) is 18.1 Å². The van der Waals surface area contributed by atoms with E-state index in [0.717, 1.165) is 18.7 Å². The predicted molar refractivity (Wildman–Crippen MR) is 65.7 cm³/mol. The van der Waals surface area contributed by atoms with Gasteiger partial charge in [0.2, 0.25) is 0 Å². The van der Waals surface area contributed by atoms with E-state index in [0.29, 0.717) is 0 Å². The van der Waals surface area contributed by atoms with Gasteiger partial charge in [-0.25, -0.2) is 0 Å². The van der Waals surface area contributed by atoms with Crippen molar-refractivity contribution in [2.24, 2.45) is 0 Å². The van der Waals surface area contributed by atoms with Crippen molar-refractivity contribution in [1.29, 1.82) is 0 Å². The third-order valence-electron chi connectivity index (χ3n) is 2.50. The summed E-state index contributed by atoms with van der Waals surface area (Å²) in [5, 5.41) is 3.35. The molecule has 0 bridgehead atoms. The summed E-state index contributed by atoms with van der Waals surface area (Å²) in [5.41, 5.74) is 2.38. The number of hydrogen-bond donors (Lipinski definition) is 1. The van der Waals surface area contributed by atoms with Crippen molar-refractivity contribution in [3.8, 4) is 0 Å². The van der Waals surface area contributed by atoms with Crippen LogP contribution >= 0.6 is 0 Å². The zero-order valence-corrected chi connectivity index (χ0v) is 9.07. The summed E-state index contributed by atoms with van der Waals surface area (Å²) < 4.78 is 5.68. The first-order valence-electron chi connectivity index (χ1n) is 5.55. The Balaban J connectivity index is 1.94. The zero-order chi connectivity index (χ0) is 10.5. The lowest BCUT2D eigenvalue weighted by Gasteiger charge is -2.19. The molecule has 1 aromatic carbocycles. The van der Waals surface area contributed by atoms with Crippen molar-refractivity contribution >= 4 is 18.8 Å². The first-order chi connectivity index (χ1) is 7.40. The van der Waals surface area contributed by atoms with Crippen molar-refractivity contribution < 1.29 is 4.65 Å². The van der Waals surface area contributed by atoms with Gasteiger partial charge in [-0.3, -0.25) is 0 Å². The summed E-state index contributed by atoms with van der Waals surface area (Å²) in [6.07, 6.45) is 4.41. The number of nitrogens with one attached hydrogen (secondary N) is 1. The summed E-state index contributed by atoms with van der Waals surface area (Å²) >= 11 is 0. The van der Waals surface area contributed by atoms with E-state index in [1.54, 1.807) is 0 Å². The number of rotatable bonds is 4. The SMILES string of the molecule is CCCCOB1C=Cc2ccccc2N1. The van der Waals surface area contributed by atoms with Crippen LogP contribution in [0.3, 0.4) is 0 Å². The molecule has 1 aliphatic rings. The molecule has 1 aliphatic heterocycles. The van der Waals surface area contributed by atoms with Gasteiger partial charge in [-0.15, -0.1) is 0 Å². The summed E-state index contributed by atoms with van der Waals surface area (Å²) in [7, 11) is 0.0337. The van der Waals surface area contributed by atoms with Crippen LogP contribution < -0.4 is 5.23 Å². The molecule has 0 unspecified atom stereocenters. The van der Waals surface area contributed by atoms with Gasteiger partial charge in [0, 0.05) is 12.3 Å². The topological polar surface area (TPSA) is 21.3 Å². The molecule has 0 radical (unpaired) electrons. The Kier molecular flexibility index (Phi) is 3.46. The number of unbranched alkanes of at least 4 members (excludes halogenated alkanes) is 1. The largest absolute Gasteiger partial charge is 0.441 e. The van der Waals surface area contributed by atoms with Crippen LogP contribution in [0.1, 0.15) is 25.3 Å². The second-order valence-corrected chi connectivity index (χ2v) is 3.74. The second-order valence-electron chi connectivity index (χ2n) is 3.74. The fraction of sp³-hybridized carbons (Fsp3) is 0.333. The average molecular weight is 201 g/mol. The van der Waals surface area contributed by atoms with E-state index < -0.39 is 0 Å². The Labute approximate surface area is 91.5 Å². The van der Waals surface area contributed by atoms with Crippen LogP contribution in [-0.2, 0) is 4.65 Å². The fourth-order valence-electron chi connectivity index (χ4n) is 1.62. The van der Waals surface area contributed by atoms with E-state index in [4.69, 9.17) is 4.65 Å². The van der Waals surface area contributed by atoms with Crippen LogP contribution in [-0.4, -0.2) is 13.7 Å². The maximum absolute atomic E-state index is 5.68. The van der Waals surface area contributed by atoms with Crippen molar-refractivity contribution in [3.05, 3.63) is 35.8 Å². The third-order valence-corrected chi connectivity index (χ3v) is 2.50. The quantitative estimate of drug-likeness (QED) is 0.597. The molecule has 1 heterocycles. The highest BCUT2D eigenvalue weighted by Gasteiger charge is 2.17. The highest BCUT2D eigenvalue weighted by Crippen LogP contribution is 2.21. The van der Waals surface area contributed by atoms with E-state index in [9.17, 15) is 0 Å². The Bertz CT molecular complexity index is 351. The minimum absolute atomic E-state index is 0.0337. The molecule has 3 heteroatoms. The van der Waals surface area contributed by atoms with Gasteiger partial charge >= 0.3 is 7.05 Å². The molecule has 2 rings (SSSR count). The normalized spacial score (nSPS) is 13.5. The molecule has 0 aromatic heterocycles. The van der Waals surface area contributed by atoms with E-state index in [1.807, 2.05) is 12.1 Å². The van der Waals surface area contributed by atoms with Gasteiger partial charge in [0.15, 0.2) is 0 Å². The van der Waals surface area contributed by atoms with Crippen LogP contribution in [0.4, 0.5) is 5.69 Å². The minimum atomic E-state index is 0.0337. The molecular formula is C12H16BNO. The van der Waals surface area contributed by atoms with Gasteiger partial charge < -0.3 is 9.88 Å². The summed E-state index contributed by atoms with van der Waals surface area (Å²) in [6.45, 7) is 2.99. The van der Waals surface area contributed by atoms with Gasteiger partial charge in [-0.1, -0.05) is 43.6 Å². The minimum Gasteiger partial charge on any atom is -0.413 e. The van der Waals surface area contributed by atoms with E-state index in [-0.39, 0.29) is 7.05 Å². The standard InChI is InChI=1S/C12H16BNO/c1-2-3-10-15-13-9-8-11-6-4-5-7-12(11)14-13/h4-9,14H,2-3,10H2,1H3. The second kappa shape index (κ2) is 5.03. The molecule has 0 saturated carbocycles. The fourth-order valence-corrected chi connectivity index (χ4v) is 1.62. The monoisotopic (exact) mass is 201 g/mol. The zero-order valence-electron chi connectivity index (χ0n) is 9.07. The lowest BCUT2D eigenvalue weighted by Crippen LogP contribution is -2.29. The van der Waals surface area contributed by atoms with Crippen LogP contribution in [0.25, 0.3) is 6.08 Å². The van der Waals surface area contributed by atoms with Gasteiger partial charge in [-0.2, -0.15) is 0 Å². The van der Waals surface area contributed by atoms with Crippen molar-refractivity contribution in [3.63, 3.8) is 0 Å². The van der Waals surface area contributed by atoms with E-state index >= 15 is 0 Å². The molecule has 0 aliphatic carbocycles. The third kappa shape index (κ3) is 2.63. The molecule has 1 aromatic rings. The van der Waals surface area contributed by atoms with Crippen LogP contribution in [0.15, 0.2) is 30.2 Å². The van der Waals surface area contributed by atoms with Crippen LogP contribution in [0.5, 0.6) is 0 Å². The number of para-hydroxylation sites is 1. The van der Waals surface area contributed by atoms with E-state index in [1.165, 1.54) is 12.0 Å². The molecule has 2 nitrogen and oxygen atoms in total. The lowest BCUT2D eigenvalue weighted by atomic mass is 9.78. The van der Waals surface area contributed by atoms with Gasteiger partial charge in [0.25, 0.3) is 0 Å². The molecular weight excluding hydrogens is 185 g/mol. The number of hydrogen-bond acceptors (Lipinski definition) is 2. The Morgan fingerprint density at radius 2 is 2.20 bits per heavy atom. The Hall–Kier alpha value is -1.22. The summed E-state index contributed by atoms with van der Waals surface area (Å²) in [6, 6.07) is 8.26. The average Bonchev–Trinajstić information content (AvgIpc) is 2.29. The van der Waals surface area contributed by atoms with E-state index in [2.05, 4.69) is 36.3 Å². The van der Waals surface area contributed by atoms with Crippen LogP contribution in [0.2, 0.25) is 0 Å². The molecule has 15 heavy (non-hydrogen) atoms. The molecule has 0 saturated heterocycles. The lowest BCUT2D eigenvalue weighted by molar-refractivity contribution is 0.320. The first kappa shape index (κ1) is 10.3. The smallest absolute Gasteiger partial charge is 0.413 e. The first-order valence-corrected chi connectivity index (χ1v) is 5.55. The maximum Gasteiger partial charge on any atom is 0.441 e. The predicted octanol–water partition coefficient (Wildman–Crippen LogP) is 2.97. The summed E-state index contributed by atoms with van der Waals surface area (Å²) in [5.74, 6) is 2.07. The highest BCUT2D eigenvalue weighted by atomic mass is 16.4. The number of anilines is 1. The molecule has 0 fully saturated rings. The molecule has 1 N–H and O–H groups in total. The maximum atomic E-state index is 5.68. The van der Waals surface area contributed by atoms with Gasteiger partial charge in [0.1, 0.15) is 0 Å². The van der Waals surface area contributed by atoms with Crippen molar-refractivity contribution in [1.82, 2.24) is 0 Å². The van der Waals surface area contributed by atoms with Crippen molar-refractivity contribution in [2.45, 2.75) is 19.8 Å². The van der Waals surface area contributed by atoms with Crippen LogP contribution in [0, 0.1) is 0 Å². The molecule has 0 amide bonds. The Morgan fingerprint density at radius 3 is 3.07 bits per heavy atom. The summed E-state index contributed by atoms with van der Waals surface area (Å²) in [4.78, 5) is 0. The molecule has 0 atom stereocenters. The number of fused-ring (bicyclic) bond motifs is 1. The number of benzene rings is 1. The van der Waals surface area contributed by atoms with Gasteiger partial charge in [0.05, 0.1) is 0 Å². The van der Waals surface area contributed by atoms with Crippen molar-refractivity contribution in [2.75, 3.05) is 11.8 Å².